The highest BCUT2D eigenvalue weighted by molar-refractivity contribution is 5.83. The molecule has 1 heterocycles. The van der Waals surface area contributed by atoms with Gasteiger partial charge in [0.25, 0.3) is 0 Å². The van der Waals surface area contributed by atoms with Gasteiger partial charge in [-0.2, -0.15) is 0 Å². The van der Waals surface area contributed by atoms with Gasteiger partial charge < -0.3 is 15.4 Å². The number of aliphatic hydroxyl groups is 1. The zero-order valence-corrected chi connectivity index (χ0v) is 9.39. The smallest absolute Gasteiger partial charge is 0.0481 e. The molecule has 0 radical (unpaired) electrons. The largest absolute Gasteiger partial charge is 0.399 e. The van der Waals surface area contributed by atoms with Crippen molar-refractivity contribution < 1.29 is 5.11 Å². The van der Waals surface area contributed by atoms with Crippen LogP contribution in [0.15, 0.2) is 30.5 Å². The van der Waals surface area contributed by atoms with E-state index in [1.807, 2.05) is 12.1 Å². The van der Waals surface area contributed by atoms with Gasteiger partial charge in [-0.05, 0) is 43.5 Å². The van der Waals surface area contributed by atoms with Crippen LogP contribution in [0.2, 0.25) is 0 Å². The highest BCUT2D eigenvalue weighted by atomic mass is 16.2. The minimum Gasteiger partial charge on any atom is -0.399 e. The number of anilines is 1. The molecule has 1 aromatic carbocycles. The summed E-state index contributed by atoms with van der Waals surface area (Å²) >= 11 is 0. The van der Waals surface area contributed by atoms with Crippen molar-refractivity contribution in [2.24, 2.45) is 0 Å². The molecule has 0 saturated heterocycles. The number of hydrogen-bond acceptors (Lipinski definition) is 2. The number of aliphatic hydroxyl groups excluding tert-OH is 1. The lowest BCUT2D eigenvalue weighted by Gasteiger charge is -2.05. The molecular formula is C13H18N2O. The molecule has 0 fully saturated rings. The van der Waals surface area contributed by atoms with Gasteiger partial charge in [0.05, 0.1) is 0 Å². The molecule has 0 atom stereocenters. The minimum atomic E-state index is 0.295. The summed E-state index contributed by atoms with van der Waals surface area (Å²) in [5.41, 5.74) is 7.78. The highest BCUT2D eigenvalue weighted by Gasteiger charge is 2.00. The molecule has 3 N–H and O–H groups in total. The Morgan fingerprint density at radius 1 is 1.12 bits per heavy atom. The number of rotatable bonds is 5. The number of nitrogens with two attached hydrogens (primary N) is 1. The summed E-state index contributed by atoms with van der Waals surface area (Å²) in [5.74, 6) is 0. The molecule has 86 valence electrons. The first-order valence-electron chi connectivity index (χ1n) is 5.76. The predicted molar refractivity (Wildman–Crippen MR) is 67.3 cm³/mol. The molecule has 3 nitrogen and oxygen atoms in total. The summed E-state index contributed by atoms with van der Waals surface area (Å²) in [6.45, 7) is 1.30. The van der Waals surface area contributed by atoms with Gasteiger partial charge in [-0.25, -0.2) is 0 Å². The molecular weight excluding hydrogens is 200 g/mol. The minimum absolute atomic E-state index is 0.295. The molecule has 2 rings (SSSR count). The van der Waals surface area contributed by atoms with Crippen molar-refractivity contribution in [2.75, 3.05) is 12.3 Å². The summed E-state index contributed by atoms with van der Waals surface area (Å²) in [7, 11) is 0. The molecule has 0 spiro atoms. The maximum absolute atomic E-state index is 8.71. The zero-order valence-electron chi connectivity index (χ0n) is 9.39. The Kier molecular flexibility index (Phi) is 3.47. The van der Waals surface area contributed by atoms with Gasteiger partial charge in [0.15, 0.2) is 0 Å². The normalized spacial score (nSPS) is 11.1. The van der Waals surface area contributed by atoms with E-state index in [1.54, 1.807) is 0 Å². The van der Waals surface area contributed by atoms with E-state index >= 15 is 0 Å². The molecule has 0 unspecified atom stereocenters. The maximum Gasteiger partial charge on any atom is 0.0481 e. The Hall–Kier alpha value is -1.48. The molecule has 0 bridgehead atoms. The average Bonchev–Trinajstić information content (AvgIpc) is 2.67. The molecule has 0 aliphatic carbocycles. The predicted octanol–water partition coefficient (Wildman–Crippen LogP) is 2.39. The van der Waals surface area contributed by atoms with Crippen LogP contribution >= 0.6 is 0 Å². The van der Waals surface area contributed by atoms with E-state index in [0.717, 1.165) is 31.5 Å². The van der Waals surface area contributed by atoms with Crippen molar-refractivity contribution in [2.45, 2.75) is 25.8 Å². The fourth-order valence-electron chi connectivity index (χ4n) is 1.98. The molecule has 0 amide bonds. The Balaban J connectivity index is 2.07. The standard InChI is InChI=1S/C13H18N2O/c14-12-4-5-13-11(10-12)6-8-15(13)7-2-1-3-9-16/h4-6,8,10,16H,1-3,7,9,14H2. The monoisotopic (exact) mass is 218 g/mol. The Morgan fingerprint density at radius 2 is 2.00 bits per heavy atom. The van der Waals surface area contributed by atoms with Crippen LogP contribution < -0.4 is 5.73 Å². The number of aromatic nitrogens is 1. The molecule has 0 aliphatic rings. The molecule has 0 saturated carbocycles. The summed E-state index contributed by atoms with van der Waals surface area (Å²) in [6, 6.07) is 8.10. The van der Waals surface area contributed by atoms with E-state index in [-0.39, 0.29) is 0 Å². The van der Waals surface area contributed by atoms with Gasteiger partial charge in [-0.1, -0.05) is 0 Å². The van der Waals surface area contributed by atoms with Crippen LogP contribution in [0, 0.1) is 0 Å². The SMILES string of the molecule is Nc1ccc2c(ccn2CCCCCO)c1. The number of nitrogens with zero attached hydrogens (tertiary/aromatic N) is 1. The number of benzene rings is 1. The topological polar surface area (TPSA) is 51.2 Å². The van der Waals surface area contributed by atoms with Crippen molar-refractivity contribution in [1.29, 1.82) is 0 Å². The third-order valence-corrected chi connectivity index (χ3v) is 2.85. The quantitative estimate of drug-likeness (QED) is 0.598. The second-order valence-electron chi connectivity index (χ2n) is 4.11. The zero-order chi connectivity index (χ0) is 11.4. The lowest BCUT2D eigenvalue weighted by atomic mass is 10.2. The van der Waals surface area contributed by atoms with Gasteiger partial charge >= 0.3 is 0 Å². The molecule has 16 heavy (non-hydrogen) atoms. The van der Waals surface area contributed by atoms with Crippen LogP contribution in [0.5, 0.6) is 0 Å². The van der Waals surface area contributed by atoms with Crippen LogP contribution in [0.25, 0.3) is 10.9 Å². The van der Waals surface area contributed by atoms with E-state index in [0.29, 0.717) is 6.61 Å². The summed E-state index contributed by atoms with van der Waals surface area (Å²) in [6.07, 6.45) is 5.18. The lowest BCUT2D eigenvalue weighted by molar-refractivity contribution is 0.282. The Bertz CT molecular complexity index is 462. The summed E-state index contributed by atoms with van der Waals surface area (Å²) in [4.78, 5) is 0. The molecule has 0 aliphatic heterocycles. The van der Waals surface area contributed by atoms with Crippen molar-refractivity contribution >= 4 is 16.6 Å². The first-order chi connectivity index (χ1) is 7.81. The number of unbranched alkanes of at least 4 members (excludes halogenated alkanes) is 2. The third-order valence-electron chi connectivity index (χ3n) is 2.85. The van der Waals surface area contributed by atoms with E-state index in [2.05, 4.69) is 22.9 Å². The Morgan fingerprint density at radius 3 is 2.81 bits per heavy atom. The van der Waals surface area contributed by atoms with Crippen LogP contribution in [0.3, 0.4) is 0 Å². The summed E-state index contributed by atoms with van der Waals surface area (Å²) < 4.78 is 2.24. The van der Waals surface area contributed by atoms with Crippen LogP contribution in [-0.2, 0) is 6.54 Å². The van der Waals surface area contributed by atoms with Crippen molar-refractivity contribution in [3.63, 3.8) is 0 Å². The number of nitrogen functional groups attached to an aromatic ring is 1. The van der Waals surface area contributed by atoms with Crippen LogP contribution in [-0.4, -0.2) is 16.3 Å². The van der Waals surface area contributed by atoms with Crippen LogP contribution in [0.4, 0.5) is 5.69 Å². The highest BCUT2D eigenvalue weighted by Crippen LogP contribution is 2.19. The first-order valence-corrected chi connectivity index (χ1v) is 5.76. The van der Waals surface area contributed by atoms with Gasteiger partial charge in [0.2, 0.25) is 0 Å². The van der Waals surface area contributed by atoms with E-state index in [1.165, 1.54) is 10.9 Å². The van der Waals surface area contributed by atoms with Crippen molar-refractivity contribution in [1.82, 2.24) is 4.57 Å². The van der Waals surface area contributed by atoms with Gasteiger partial charge in [0, 0.05) is 35.9 Å². The number of fused-ring (bicyclic) bond motifs is 1. The lowest BCUT2D eigenvalue weighted by Crippen LogP contribution is -1.96. The van der Waals surface area contributed by atoms with Crippen LogP contribution in [0.1, 0.15) is 19.3 Å². The van der Waals surface area contributed by atoms with Gasteiger partial charge in [-0.3, -0.25) is 0 Å². The third kappa shape index (κ3) is 2.36. The molecule has 1 aromatic heterocycles. The average molecular weight is 218 g/mol. The second kappa shape index (κ2) is 5.03. The second-order valence-corrected chi connectivity index (χ2v) is 4.11. The van der Waals surface area contributed by atoms with Crippen molar-refractivity contribution in [3.8, 4) is 0 Å². The molecule has 2 aromatic rings. The van der Waals surface area contributed by atoms with Crippen molar-refractivity contribution in [3.05, 3.63) is 30.5 Å². The Labute approximate surface area is 95.5 Å². The molecule has 3 heteroatoms. The fraction of sp³-hybridized carbons (Fsp3) is 0.385. The van der Waals surface area contributed by atoms with Gasteiger partial charge in [0.1, 0.15) is 0 Å². The van der Waals surface area contributed by atoms with E-state index < -0.39 is 0 Å². The first kappa shape index (κ1) is 11.0. The maximum atomic E-state index is 8.71. The fourth-order valence-corrected chi connectivity index (χ4v) is 1.98. The van der Waals surface area contributed by atoms with Gasteiger partial charge in [-0.15, -0.1) is 0 Å². The van der Waals surface area contributed by atoms with E-state index in [4.69, 9.17) is 10.8 Å². The van der Waals surface area contributed by atoms with E-state index in [9.17, 15) is 0 Å². The number of aryl methyl sites for hydroxylation is 1. The summed E-state index contributed by atoms with van der Waals surface area (Å²) in [5, 5.41) is 9.90. The number of hydrogen-bond donors (Lipinski definition) is 2.